The van der Waals surface area contributed by atoms with E-state index in [4.69, 9.17) is 15.2 Å². The molecule has 2 aromatic heterocycles. The lowest BCUT2D eigenvalue weighted by Crippen LogP contribution is -2.40. The largest absolute Gasteiger partial charge is 0.490 e. The molecule has 1 aliphatic heterocycles. The Balaban J connectivity index is 1.32. The van der Waals surface area contributed by atoms with Gasteiger partial charge >= 0.3 is 6.18 Å². The number of primary amides is 1. The quantitative estimate of drug-likeness (QED) is 0.148. The molecule has 3 N–H and O–H groups in total. The summed E-state index contributed by atoms with van der Waals surface area (Å²) in [5.41, 5.74) is 3.12. The van der Waals surface area contributed by atoms with Crippen LogP contribution in [0.2, 0.25) is 0 Å². The van der Waals surface area contributed by atoms with Crippen LogP contribution in [-0.4, -0.2) is 39.5 Å². The number of carbonyl (C=O) groups is 2. The molecule has 0 radical (unpaired) electrons. The van der Waals surface area contributed by atoms with E-state index >= 15 is 0 Å². The van der Waals surface area contributed by atoms with Gasteiger partial charge in [0.1, 0.15) is 40.6 Å². The van der Waals surface area contributed by atoms with Gasteiger partial charge in [-0.15, -0.1) is 0 Å². The van der Waals surface area contributed by atoms with Crippen LogP contribution >= 0.6 is 0 Å². The number of nitrogens with two attached hydrogens (primary N) is 1. The SMILES string of the molecule is C[C@](O)(CCC(=O)c1ccc(OC2CC2)c(-c2cnccc2C(F)(F)F)c1)c1cc2c(c(-c3ccc(F)cc3)n1)OC[C@]2(C)C(N)=O. The van der Waals surface area contributed by atoms with Crippen molar-refractivity contribution < 1.29 is 41.7 Å². The first-order valence-corrected chi connectivity index (χ1v) is 15.0. The lowest BCUT2D eigenvalue weighted by molar-refractivity contribution is -0.137. The molecule has 1 amide bonds. The number of Topliss-reactive ketones (excluding diaryl/α,β-unsaturated/α-hetero) is 1. The molecule has 0 saturated heterocycles. The van der Waals surface area contributed by atoms with Crippen molar-refractivity contribution >= 4 is 11.7 Å². The van der Waals surface area contributed by atoms with Gasteiger partial charge < -0.3 is 20.3 Å². The number of ketones is 1. The fraction of sp³-hybridized carbons (Fsp3) is 0.314. The maximum atomic E-state index is 13.9. The van der Waals surface area contributed by atoms with Gasteiger partial charge in [-0.2, -0.15) is 13.2 Å². The van der Waals surface area contributed by atoms with Crippen LogP contribution in [0.3, 0.4) is 0 Å². The highest BCUT2D eigenvalue weighted by molar-refractivity contribution is 5.98. The molecule has 2 atom stereocenters. The van der Waals surface area contributed by atoms with Gasteiger partial charge in [-0.25, -0.2) is 9.37 Å². The van der Waals surface area contributed by atoms with Gasteiger partial charge in [-0.05, 0) is 87.7 Å². The molecular formula is C35H31F4N3O5. The predicted molar refractivity (Wildman–Crippen MR) is 163 cm³/mol. The van der Waals surface area contributed by atoms with Crippen LogP contribution in [0.5, 0.6) is 11.5 Å². The fourth-order valence-electron chi connectivity index (χ4n) is 5.53. The third-order valence-corrected chi connectivity index (χ3v) is 8.66. The van der Waals surface area contributed by atoms with Crippen LogP contribution in [0.1, 0.15) is 66.7 Å². The zero-order valence-corrected chi connectivity index (χ0v) is 25.5. The van der Waals surface area contributed by atoms with Crippen molar-refractivity contribution in [3.63, 3.8) is 0 Å². The summed E-state index contributed by atoms with van der Waals surface area (Å²) in [6, 6.07) is 12.2. The van der Waals surface area contributed by atoms with E-state index < -0.39 is 40.3 Å². The molecule has 244 valence electrons. The van der Waals surface area contributed by atoms with Crippen molar-refractivity contribution in [2.24, 2.45) is 5.73 Å². The van der Waals surface area contributed by atoms with Crippen molar-refractivity contribution in [1.82, 2.24) is 9.97 Å². The van der Waals surface area contributed by atoms with E-state index in [2.05, 4.69) is 9.97 Å². The Morgan fingerprint density at radius 2 is 1.81 bits per heavy atom. The Bertz CT molecular complexity index is 1870. The summed E-state index contributed by atoms with van der Waals surface area (Å²) in [5, 5.41) is 11.7. The molecular weight excluding hydrogens is 618 g/mol. The van der Waals surface area contributed by atoms with Crippen LogP contribution in [-0.2, 0) is 22.0 Å². The van der Waals surface area contributed by atoms with Crippen molar-refractivity contribution in [1.29, 1.82) is 0 Å². The highest BCUT2D eigenvalue weighted by Crippen LogP contribution is 2.46. The molecule has 0 spiro atoms. The van der Waals surface area contributed by atoms with E-state index in [1.165, 1.54) is 55.5 Å². The molecule has 6 rings (SSSR count). The van der Waals surface area contributed by atoms with Crippen molar-refractivity contribution in [2.45, 2.75) is 62.8 Å². The van der Waals surface area contributed by atoms with E-state index in [0.717, 1.165) is 31.3 Å². The van der Waals surface area contributed by atoms with Gasteiger partial charge in [0.2, 0.25) is 5.91 Å². The second-order valence-corrected chi connectivity index (χ2v) is 12.4. The highest BCUT2D eigenvalue weighted by Gasteiger charge is 2.45. The van der Waals surface area contributed by atoms with Crippen molar-refractivity contribution in [3.05, 3.63) is 95.2 Å². The van der Waals surface area contributed by atoms with Gasteiger partial charge in [0.15, 0.2) is 5.78 Å². The molecule has 0 bridgehead atoms. The van der Waals surface area contributed by atoms with Gasteiger partial charge in [0.05, 0.1) is 17.4 Å². The first-order valence-electron chi connectivity index (χ1n) is 15.0. The van der Waals surface area contributed by atoms with Gasteiger partial charge in [-0.3, -0.25) is 14.6 Å². The summed E-state index contributed by atoms with van der Waals surface area (Å²) in [6.45, 7) is 3.01. The molecule has 1 saturated carbocycles. The van der Waals surface area contributed by atoms with Crippen LogP contribution < -0.4 is 15.2 Å². The Labute approximate surface area is 267 Å². The van der Waals surface area contributed by atoms with Crippen molar-refractivity contribution in [2.75, 3.05) is 6.61 Å². The summed E-state index contributed by atoms with van der Waals surface area (Å²) in [4.78, 5) is 34.5. The number of rotatable bonds is 10. The average molecular weight is 650 g/mol. The first-order chi connectivity index (χ1) is 22.2. The number of amides is 1. The molecule has 2 aliphatic rings. The molecule has 1 aliphatic carbocycles. The lowest BCUT2D eigenvalue weighted by Gasteiger charge is -2.26. The maximum Gasteiger partial charge on any atom is 0.417 e. The molecule has 2 aromatic carbocycles. The number of aromatic nitrogens is 2. The first kappa shape index (κ1) is 32.1. The standard InChI is InChI=1S/C35H31F4N3O5/c1-33(32(40)44)18-46-31-26(33)16-29(42-30(31)19-3-6-21(36)7-4-19)34(2,45)13-11-27(43)20-5-10-28(47-22-8-9-22)23(15-20)24-17-41-14-12-25(24)35(37,38)39/h3-7,10,12,14-17,22,45H,8-9,11,13,18H2,1-2H3,(H2,40,44)/t33-,34-/m0/s1. The Morgan fingerprint density at radius 1 is 1.09 bits per heavy atom. The number of fused-ring (bicyclic) bond motifs is 1. The second-order valence-electron chi connectivity index (χ2n) is 12.4. The van der Waals surface area contributed by atoms with Crippen LogP contribution in [0, 0.1) is 5.82 Å². The minimum absolute atomic E-state index is 0.0621. The maximum absolute atomic E-state index is 13.9. The Morgan fingerprint density at radius 3 is 2.47 bits per heavy atom. The van der Waals surface area contributed by atoms with Crippen molar-refractivity contribution in [3.8, 4) is 33.9 Å². The third kappa shape index (κ3) is 6.29. The number of benzene rings is 2. The normalized spacial score (nSPS) is 18.6. The third-order valence-electron chi connectivity index (χ3n) is 8.66. The number of pyridine rings is 2. The Kier molecular flexibility index (Phi) is 8.03. The topological polar surface area (TPSA) is 125 Å². The average Bonchev–Trinajstić information content (AvgIpc) is 3.79. The summed E-state index contributed by atoms with van der Waals surface area (Å²) in [7, 11) is 0. The number of ether oxygens (including phenoxy) is 2. The van der Waals surface area contributed by atoms with Crippen LogP contribution in [0.4, 0.5) is 17.6 Å². The van der Waals surface area contributed by atoms with Crippen LogP contribution in [0.25, 0.3) is 22.4 Å². The molecule has 47 heavy (non-hydrogen) atoms. The van der Waals surface area contributed by atoms with E-state index in [1.54, 1.807) is 6.92 Å². The predicted octanol–water partition coefficient (Wildman–Crippen LogP) is 6.52. The summed E-state index contributed by atoms with van der Waals surface area (Å²) in [5.74, 6) is -1.07. The number of halogens is 4. The van der Waals surface area contributed by atoms with E-state index in [1.807, 2.05) is 0 Å². The molecule has 4 aromatic rings. The van der Waals surface area contributed by atoms with Gasteiger partial charge in [-0.1, -0.05) is 0 Å². The molecule has 8 nitrogen and oxygen atoms in total. The number of hydrogen-bond donors (Lipinski definition) is 2. The highest BCUT2D eigenvalue weighted by atomic mass is 19.4. The smallest absolute Gasteiger partial charge is 0.417 e. The number of aliphatic hydroxyl groups is 1. The summed E-state index contributed by atoms with van der Waals surface area (Å²) < 4.78 is 67.2. The fourth-order valence-corrected chi connectivity index (χ4v) is 5.53. The number of alkyl halides is 3. The van der Waals surface area contributed by atoms with E-state index in [0.29, 0.717) is 11.1 Å². The second kappa shape index (κ2) is 11.8. The van der Waals surface area contributed by atoms with E-state index in [9.17, 15) is 32.3 Å². The summed E-state index contributed by atoms with van der Waals surface area (Å²) in [6.07, 6.45) is -1.42. The molecule has 0 unspecified atom stereocenters. The molecule has 1 fully saturated rings. The molecule has 3 heterocycles. The minimum Gasteiger partial charge on any atom is -0.490 e. The lowest BCUT2D eigenvalue weighted by atomic mass is 9.81. The van der Waals surface area contributed by atoms with Gasteiger partial charge in [0.25, 0.3) is 0 Å². The zero-order valence-electron chi connectivity index (χ0n) is 25.5. The number of carbonyl (C=O) groups excluding carboxylic acids is 2. The number of hydrogen-bond acceptors (Lipinski definition) is 7. The zero-order chi connectivity index (χ0) is 33.7. The van der Waals surface area contributed by atoms with Gasteiger partial charge in [0, 0.05) is 46.6 Å². The number of nitrogens with zero attached hydrogens (tertiary/aromatic N) is 2. The minimum atomic E-state index is -4.67. The molecule has 12 heteroatoms. The summed E-state index contributed by atoms with van der Waals surface area (Å²) >= 11 is 0. The monoisotopic (exact) mass is 649 g/mol. The Hall–Kier alpha value is -4.84. The van der Waals surface area contributed by atoms with Crippen LogP contribution in [0.15, 0.2) is 67.0 Å². The van der Waals surface area contributed by atoms with E-state index in [-0.39, 0.29) is 65.1 Å².